The first-order valence-corrected chi connectivity index (χ1v) is 6.23. The summed E-state index contributed by atoms with van der Waals surface area (Å²) >= 11 is 0. The molecule has 0 spiro atoms. The van der Waals surface area contributed by atoms with Gasteiger partial charge in [0.2, 0.25) is 0 Å². The lowest BCUT2D eigenvalue weighted by molar-refractivity contribution is 0.0913. The summed E-state index contributed by atoms with van der Waals surface area (Å²) in [5.74, 6) is -0.839. The molecule has 0 aliphatic rings. The van der Waals surface area contributed by atoms with Crippen molar-refractivity contribution >= 4 is 5.91 Å². The fourth-order valence-corrected chi connectivity index (χ4v) is 2.02. The lowest BCUT2D eigenvalue weighted by Crippen LogP contribution is -2.29. The Kier molecular flexibility index (Phi) is 4.14. The quantitative estimate of drug-likeness (QED) is 0.794. The van der Waals surface area contributed by atoms with Crippen molar-refractivity contribution in [1.82, 2.24) is 15.5 Å². The smallest absolute Gasteiger partial charge is 0.255 e. The molecular formula is C14H16FN3O2. The van der Waals surface area contributed by atoms with Crippen LogP contribution in [-0.4, -0.2) is 27.8 Å². The fourth-order valence-electron chi connectivity index (χ4n) is 2.02. The molecule has 20 heavy (non-hydrogen) atoms. The molecule has 0 saturated carbocycles. The number of rotatable bonds is 4. The number of aliphatic hydroxyl groups is 1. The Morgan fingerprint density at radius 2 is 2.15 bits per heavy atom. The van der Waals surface area contributed by atoms with Crippen molar-refractivity contribution < 1.29 is 14.3 Å². The molecule has 106 valence electrons. The number of aryl methyl sites for hydroxylation is 2. The number of benzene rings is 1. The van der Waals surface area contributed by atoms with Gasteiger partial charge in [-0.25, -0.2) is 4.39 Å². The molecule has 1 amide bonds. The van der Waals surface area contributed by atoms with Gasteiger partial charge in [0.05, 0.1) is 17.4 Å². The summed E-state index contributed by atoms with van der Waals surface area (Å²) in [5, 5.41) is 19.1. The molecule has 0 fully saturated rings. The van der Waals surface area contributed by atoms with Crippen LogP contribution in [-0.2, 0) is 0 Å². The summed E-state index contributed by atoms with van der Waals surface area (Å²) in [6, 6.07) is 5.93. The molecule has 2 rings (SSSR count). The Balaban J connectivity index is 2.02. The van der Waals surface area contributed by atoms with E-state index in [1.165, 1.54) is 12.1 Å². The van der Waals surface area contributed by atoms with E-state index < -0.39 is 11.9 Å². The molecule has 0 aliphatic carbocycles. The molecule has 1 unspecified atom stereocenters. The Morgan fingerprint density at radius 3 is 2.75 bits per heavy atom. The Morgan fingerprint density at radius 1 is 1.45 bits per heavy atom. The Bertz CT molecular complexity index is 605. The second kappa shape index (κ2) is 5.83. The highest BCUT2D eigenvalue weighted by atomic mass is 19.1. The molecule has 1 aromatic heterocycles. The summed E-state index contributed by atoms with van der Waals surface area (Å²) < 4.78 is 13.5. The first kappa shape index (κ1) is 14.2. The fraction of sp³-hybridized carbons (Fsp3) is 0.286. The second-order valence-electron chi connectivity index (χ2n) is 4.56. The number of hydrogen-bond donors (Lipinski definition) is 3. The molecule has 0 saturated heterocycles. The van der Waals surface area contributed by atoms with Crippen LogP contribution in [0.2, 0.25) is 0 Å². The van der Waals surface area contributed by atoms with Gasteiger partial charge in [-0.05, 0) is 19.9 Å². The van der Waals surface area contributed by atoms with Crippen LogP contribution in [0.1, 0.15) is 33.4 Å². The van der Waals surface area contributed by atoms with Crippen LogP contribution < -0.4 is 5.32 Å². The number of H-pyrrole nitrogens is 1. The van der Waals surface area contributed by atoms with Gasteiger partial charge in [0.25, 0.3) is 5.91 Å². The van der Waals surface area contributed by atoms with Crippen LogP contribution >= 0.6 is 0 Å². The number of carbonyl (C=O) groups excluding carboxylic acids is 1. The molecule has 5 nitrogen and oxygen atoms in total. The zero-order valence-electron chi connectivity index (χ0n) is 11.3. The van der Waals surface area contributed by atoms with E-state index in [0.29, 0.717) is 17.0 Å². The zero-order valence-corrected chi connectivity index (χ0v) is 11.3. The Labute approximate surface area is 115 Å². The largest absolute Gasteiger partial charge is 0.386 e. The van der Waals surface area contributed by atoms with Gasteiger partial charge in [-0.15, -0.1) is 0 Å². The summed E-state index contributed by atoms with van der Waals surface area (Å²) in [7, 11) is 0. The van der Waals surface area contributed by atoms with E-state index >= 15 is 0 Å². The predicted octanol–water partition coefficient (Wildman–Crippen LogP) is 1.63. The van der Waals surface area contributed by atoms with E-state index in [4.69, 9.17) is 0 Å². The average molecular weight is 277 g/mol. The lowest BCUT2D eigenvalue weighted by atomic mass is 10.1. The number of carbonyl (C=O) groups is 1. The topological polar surface area (TPSA) is 78.0 Å². The van der Waals surface area contributed by atoms with E-state index in [-0.39, 0.29) is 18.0 Å². The summed E-state index contributed by atoms with van der Waals surface area (Å²) in [4.78, 5) is 12.0. The molecule has 0 bridgehead atoms. The number of aromatic nitrogens is 2. The van der Waals surface area contributed by atoms with Gasteiger partial charge < -0.3 is 10.4 Å². The van der Waals surface area contributed by atoms with E-state index in [9.17, 15) is 14.3 Å². The van der Waals surface area contributed by atoms with E-state index in [1.807, 2.05) is 0 Å². The van der Waals surface area contributed by atoms with Crippen molar-refractivity contribution in [3.05, 3.63) is 52.6 Å². The van der Waals surface area contributed by atoms with Gasteiger partial charge in [0.15, 0.2) is 0 Å². The number of aromatic amines is 1. The van der Waals surface area contributed by atoms with Gasteiger partial charge in [0, 0.05) is 17.8 Å². The van der Waals surface area contributed by atoms with Gasteiger partial charge in [0.1, 0.15) is 5.82 Å². The van der Waals surface area contributed by atoms with Crippen molar-refractivity contribution in [2.45, 2.75) is 20.0 Å². The highest BCUT2D eigenvalue weighted by molar-refractivity contribution is 5.96. The second-order valence-corrected chi connectivity index (χ2v) is 4.56. The molecule has 0 radical (unpaired) electrons. The van der Waals surface area contributed by atoms with E-state index in [0.717, 1.165) is 0 Å². The van der Waals surface area contributed by atoms with Crippen molar-refractivity contribution in [2.24, 2.45) is 0 Å². The zero-order chi connectivity index (χ0) is 14.7. The number of aliphatic hydroxyl groups excluding tert-OH is 1. The molecule has 2 aromatic rings. The van der Waals surface area contributed by atoms with Crippen molar-refractivity contribution in [3.8, 4) is 0 Å². The average Bonchev–Trinajstić information content (AvgIpc) is 2.76. The highest BCUT2D eigenvalue weighted by Crippen LogP contribution is 2.16. The van der Waals surface area contributed by atoms with Crippen LogP contribution in [0.15, 0.2) is 24.3 Å². The highest BCUT2D eigenvalue weighted by Gasteiger charge is 2.17. The van der Waals surface area contributed by atoms with Gasteiger partial charge in [-0.1, -0.05) is 18.2 Å². The molecule has 0 aliphatic heterocycles. The molecule has 1 heterocycles. The molecule has 1 atom stereocenters. The summed E-state index contributed by atoms with van der Waals surface area (Å²) in [6.45, 7) is 3.39. The molecule has 3 N–H and O–H groups in total. The first-order valence-electron chi connectivity index (χ1n) is 6.23. The third kappa shape index (κ3) is 2.85. The molecular weight excluding hydrogens is 261 g/mol. The van der Waals surface area contributed by atoms with Crippen molar-refractivity contribution in [3.63, 3.8) is 0 Å². The number of amides is 1. The Hall–Kier alpha value is -2.21. The van der Waals surface area contributed by atoms with Crippen LogP contribution in [0.5, 0.6) is 0 Å². The van der Waals surface area contributed by atoms with Crippen molar-refractivity contribution in [2.75, 3.05) is 6.54 Å². The SMILES string of the molecule is Cc1n[nH]c(C)c1C(=O)NCC(O)c1ccccc1F. The third-order valence-corrected chi connectivity index (χ3v) is 3.08. The number of nitrogens with zero attached hydrogens (tertiary/aromatic N) is 1. The van der Waals surface area contributed by atoms with Crippen LogP contribution in [0, 0.1) is 19.7 Å². The number of hydrogen-bond acceptors (Lipinski definition) is 3. The monoisotopic (exact) mass is 277 g/mol. The maximum atomic E-state index is 13.5. The standard InChI is InChI=1S/C14H16FN3O2/c1-8-13(9(2)18-17-8)14(20)16-7-12(19)10-5-3-4-6-11(10)15/h3-6,12,19H,7H2,1-2H3,(H,16,20)(H,17,18). The maximum absolute atomic E-state index is 13.5. The van der Waals surface area contributed by atoms with E-state index in [2.05, 4.69) is 15.5 Å². The lowest BCUT2D eigenvalue weighted by Gasteiger charge is -2.13. The third-order valence-electron chi connectivity index (χ3n) is 3.08. The minimum absolute atomic E-state index is 0.0656. The van der Waals surface area contributed by atoms with Crippen LogP contribution in [0.3, 0.4) is 0 Å². The number of halogens is 1. The minimum Gasteiger partial charge on any atom is -0.386 e. The van der Waals surface area contributed by atoms with E-state index in [1.54, 1.807) is 26.0 Å². The van der Waals surface area contributed by atoms with Gasteiger partial charge in [-0.2, -0.15) is 5.10 Å². The summed E-state index contributed by atoms with van der Waals surface area (Å²) in [5.41, 5.74) is 1.85. The van der Waals surface area contributed by atoms with Crippen molar-refractivity contribution in [1.29, 1.82) is 0 Å². The van der Waals surface area contributed by atoms with Crippen LogP contribution in [0.25, 0.3) is 0 Å². The molecule has 1 aromatic carbocycles. The van der Waals surface area contributed by atoms with Gasteiger partial charge in [-0.3, -0.25) is 9.89 Å². The molecule has 6 heteroatoms. The maximum Gasteiger partial charge on any atom is 0.255 e. The normalized spacial score (nSPS) is 12.2. The predicted molar refractivity (Wildman–Crippen MR) is 71.8 cm³/mol. The minimum atomic E-state index is -1.09. The first-order chi connectivity index (χ1) is 9.50. The summed E-state index contributed by atoms with van der Waals surface area (Å²) in [6.07, 6.45) is -1.09. The van der Waals surface area contributed by atoms with Gasteiger partial charge >= 0.3 is 0 Å². The van der Waals surface area contributed by atoms with Crippen LogP contribution in [0.4, 0.5) is 4.39 Å². The number of nitrogens with one attached hydrogen (secondary N) is 2.